The summed E-state index contributed by atoms with van der Waals surface area (Å²) in [7, 11) is 1.66. The van der Waals surface area contributed by atoms with Crippen molar-refractivity contribution in [3.05, 3.63) is 75.5 Å². The maximum absolute atomic E-state index is 13.4. The predicted molar refractivity (Wildman–Crippen MR) is 113 cm³/mol. The maximum atomic E-state index is 13.4. The molecule has 0 spiro atoms. The van der Waals surface area contributed by atoms with Gasteiger partial charge in [0.15, 0.2) is 0 Å². The third kappa shape index (κ3) is 3.11. The third-order valence-electron chi connectivity index (χ3n) is 4.99. The first-order valence-corrected chi connectivity index (χ1v) is 10.1. The van der Waals surface area contributed by atoms with Crippen molar-refractivity contribution in [3.63, 3.8) is 0 Å². The van der Waals surface area contributed by atoms with E-state index in [1.807, 2.05) is 53.4 Å². The molecule has 1 N–H and O–H groups in total. The molecule has 144 valence electrons. The fraction of sp³-hybridized carbons (Fsp3) is 0.273. The molecule has 0 bridgehead atoms. The number of rotatable bonds is 5. The number of carbonyl (C=O) groups is 1. The molecule has 3 aromatic rings. The molecule has 1 atom stereocenters. The van der Waals surface area contributed by atoms with Crippen molar-refractivity contribution < 1.29 is 9.53 Å². The molecule has 2 heterocycles. The van der Waals surface area contributed by atoms with Crippen LogP contribution in [0.2, 0.25) is 0 Å². The van der Waals surface area contributed by atoms with E-state index >= 15 is 0 Å². The van der Waals surface area contributed by atoms with Gasteiger partial charge >= 0.3 is 0 Å². The number of benzene rings is 2. The number of nitrogens with zero attached hydrogens (tertiary/aromatic N) is 2. The van der Waals surface area contributed by atoms with Gasteiger partial charge in [-0.05, 0) is 42.7 Å². The van der Waals surface area contributed by atoms with Crippen molar-refractivity contribution in [3.8, 4) is 5.75 Å². The van der Waals surface area contributed by atoms with Crippen LogP contribution in [-0.2, 0) is 6.42 Å². The number of H-pyrrole nitrogens is 1. The zero-order valence-electron chi connectivity index (χ0n) is 16.1. The van der Waals surface area contributed by atoms with Crippen LogP contribution in [0.4, 0.5) is 5.69 Å². The summed E-state index contributed by atoms with van der Waals surface area (Å²) >= 11 is 3.47. The van der Waals surface area contributed by atoms with Gasteiger partial charge in [0, 0.05) is 21.3 Å². The van der Waals surface area contributed by atoms with Crippen LogP contribution in [-0.4, -0.2) is 23.2 Å². The molecule has 4 rings (SSSR count). The Morgan fingerprint density at radius 3 is 2.57 bits per heavy atom. The summed E-state index contributed by atoms with van der Waals surface area (Å²) in [6.07, 6.45) is 0.805. The van der Waals surface area contributed by atoms with Crippen LogP contribution in [0.25, 0.3) is 0 Å². The van der Waals surface area contributed by atoms with Crippen LogP contribution in [0.5, 0.6) is 5.75 Å². The zero-order chi connectivity index (χ0) is 19.8. The lowest BCUT2D eigenvalue weighted by molar-refractivity contribution is 0.0988. The van der Waals surface area contributed by atoms with Crippen LogP contribution in [0, 0.1) is 5.92 Å². The summed E-state index contributed by atoms with van der Waals surface area (Å²) < 4.78 is 6.60. The average molecular weight is 440 g/mol. The van der Waals surface area contributed by atoms with Gasteiger partial charge in [-0.25, -0.2) is 0 Å². The van der Waals surface area contributed by atoms with Crippen LogP contribution < -0.4 is 9.64 Å². The van der Waals surface area contributed by atoms with Gasteiger partial charge in [-0.2, -0.15) is 5.10 Å². The molecule has 0 radical (unpaired) electrons. The summed E-state index contributed by atoms with van der Waals surface area (Å²) in [5, 5.41) is 7.48. The van der Waals surface area contributed by atoms with Crippen LogP contribution in [0.15, 0.2) is 53.0 Å². The zero-order valence-corrected chi connectivity index (χ0v) is 17.7. The van der Waals surface area contributed by atoms with Gasteiger partial charge in [-0.1, -0.05) is 48.0 Å². The second-order valence-corrected chi connectivity index (χ2v) is 8.27. The Balaban J connectivity index is 1.92. The number of para-hydroxylation sites is 1. The van der Waals surface area contributed by atoms with Gasteiger partial charge in [0.05, 0.1) is 18.8 Å². The molecule has 5 nitrogen and oxygen atoms in total. The predicted octanol–water partition coefficient (Wildman–Crippen LogP) is 5.13. The molecule has 1 amide bonds. The minimum Gasteiger partial charge on any atom is -0.496 e. The van der Waals surface area contributed by atoms with Crippen molar-refractivity contribution in [2.75, 3.05) is 12.0 Å². The fourth-order valence-electron chi connectivity index (χ4n) is 3.81. The van der Waals surface area contributed by atoms with Crippen LogP contribution in [0.1, 0.15) is 47.2 Å². The fourth-order valence-corrected chi connectivity index (χ4v) is 4.07. The van der Waals surface area contributed by atoms with Crippen molar-refractivity contribution in [1.82, 2.24) is 10.2 Å². The van der Waals surface area contributed by atoms with Crippen molar-refractivity contribution in [2.45, 2.75) is 26.3 Å². The van der Waals surface area contributed by atoms with E-state index in [2.05, 4.69) is 40.0 Å². The molecular weight excluding hydrogens is 418 g/mol. The topological polar surface area (TPSA) is 58.2 Å². The molecule has 28 heavy (non-hydrogen) atoms. The minimum absolute atomic E-state index is 0.0734. The van der Waals surface area contributed by atoms with E-state index in [4.69, 9.17) is 4.74 Å². The lowest BCUT2D eigenvalue weighted by Crippen LogP contribution is -2.29. The summed E-state index contributed by atoms with van der Waals surface area (Å²) in [5.41, 5.74) is 4.24. The van der Waals surface area contributed by atoms with E-state index in [0.717, 1.165) is 39.2 Å². The molecule has 1 aliphatic heterocycles. The van der Waals surface area contributed by atoms with Gasteiger partial charge in [0.1, 0.15) is 11.4 Å². The second kappa shape index (κ2) is 7.43. The second-order valence-electron chi connectivity index (χ2n) is 7.35. The van der Waals surface area contributed by atoms with Crippen LogP contribution in [0.3, 0.4) is 0 Å². The molecule has 1 aromatic heterocycles. The quantitative estimate of drug-likeness (QED) is 0.599. The maximum Gasteiger partial charge on any atom is 0.277 e. The minimum atomic E-state index is -0.285. The molecule has 6 heteroatoms. The van der Waals surface area contributed by atoms with Gasteiger partial charge in [-0.15, -0.1) is 0 Å². The molecule has 2 aromatic carbocycles. The smallest absolute Gasteiger partial charge is 0.277 e. The Kier molecular flexibility index (Phi) is 4.98. The highest BCUT2D eigenvalue weighted by molar-refractivity contribution is 9.10. The standard InChI is InChI=1S/C22H22BrN3O2/c1-13(2)12-17-19-20(25-24-17)22(27)26(15-10-8-14(23)9-11-15)21(19)16-6-4-5-7-18(16)28-3/h4-11,13,21H,12H2,1-3H3,(H,24,25). The molecule has 0 fully saturated rings. The largest absolute Gasteiger partial charge is 0.496 e. The Morgan fingerprint density at radius 2 is 1.89 bits per heavy atom. The highest BCUT2D eigenvalue weighted by atomic mass is 79.9. The lowest BCUT2D eigenvalue weighted by Gasteiger charge is -2.27. The molecule has 0 saturated heterocycles. The monoisotopic (exact) mass is 439 g/mol. The number of hydrogen-bond donors (Lipinski definition) is 1. The molecule has 1 unspecified atom stereocenters. The summed E-state index contributed by atoms with van der Waals surface area (Å²) in [4.78, 5) is 15.2. The van der Waals surface area contributed by atoms with Gasteiger partial charge < -0.3 is 4.74 Å². The number of aromatic nitrogens is 2. The third-order valence-corrected chi connectivity index (χ3v) is 5.52. The summed E-state index contributed by atoms with van der Waals surface area (Å²) in [5.74, 6) is 1.12. The molecule has 0 aliphatic carbocycles. The van der Waals surface area contributed by atoms with E-state index in [1.54, 1.807) is 7.11 Å². The van der Waals surface area contributed by atoms with E-state index in [0.29, 0.717) is 11.6 Å². The van der Waals surface area contributed by atoms with Crippen molar-refractivity contribution in [2.24, 2.45) is 5.92 Å². The lowest BCUT2D eigenvalue weighted by atomic mass is 9.94. The number of ether oxygens (including phenoxy) is 1. The number of aromatic amines is 1. The van der Waals surface area contributed by atoms with E-state index in [-0.39, 0.29) is 11.9 Å². The highest BCUT2D eigenvalue weighted by Gasteiger charge is 2.43. The number of fused-ring (bicyclic) bond motifs is 1. The number of hydrogen-bond acceptors (Lipinski definition) is 3. The summed E-state index contributed by atoms with van der Waals surface area (Å²) in [6.45, 7) is 4.31. The van der Waals surface area contributed by atoms with Gasteiger partial charge in [0.2, 0.25) is 0 Å². The van der Waals surface area contributed by atoms with E-state index in [1.165, 1.54) is 0 Å². The number of carbonyl (C=O) groups excluding carboxylic acids is 1. The van der Waals surface area contributed by atoms with Gasteiger partial charge in [0.25, 0.3) is 5.91 Å². The Bertz CT molecular complexity index is 1010. The number of anilines is 1. The Morgan fingerprint density at radius 1 is 1.18 bits per heavy atom. The Hall–Kier alpha value is -2.60. The molecule has 1 aliphatic rings. The first-order chi connectivity index (χ1) is 13.5. The molecular formula is C22H22BrN3O2. The Labute approximate surface area is 172 Å². The number of amides is 1. The first-order valence-electron chi connectivity index (χ1n) is 9.30. The normalized spacial score (nSPS) is 16.0. The van der Waals surface area contributed by atoms with E-state index in [9.17, 15) is 4.79 Å². The van der Waals surface area contributed by atoms with Crippen molar-refractivity contribution in [1.29, 1.82) is 0 Å². The summed E-state index contributed by atoms with van der Waals surface area (Å²) in [6, 6.07) is 15.4. The highest BCUT2D eigenvalue weighted by Crippen LogP contribution is 2.45. The SMILES string of the molecule is COc1ccccc1C1c2c(CC(C)C)n[nH]c2C(=O)N1c1ccc(Br)cc1. The van der Waals surface area contributed by atoms with Crippen molar-refractivity contribution >= 4 is 27.5 Å². The van der Waals surface area contributed by atoms with Crippen LogP contribution >= 0.6 is 15.9 Å². The number of methoxy groups -OCH3 is 1. The number of nitrogens with one attached hydrogen (secondary N) is 1. The average Bonchev–Trinajstić information content (AvgIpc) is 3.21. The first kappa shape index (κ1) is 18.7. The molecule has 0 saturated carbocycles. The van der Waals surface area contributed by atoms with E-state index < -0.39 is 0 Å². The van der Waals surface area contributed by atoms with Gasteiger partial charge in [-0.3, -0.25) is 14.8 Å². The number of halogens is 1.